The van der Waals surface area contributed by atoms with Crippen LogP contribution in [0.25, 0.3) is 0 Å². The molecule has 0 aliphatic heterocycles. The average Bonchev–Trinajstić information content (AvgIpc) is 2.40. The molecule has 0 aliphatic rings. The molecular formula is C16H17ClO. The van der Waals surface area contributed by atoms with E-state index in [1.807, 2.05) is 42.5 Å². The van der Waals surface area contributed by atoms with Gasteiger partial charge in [0.2, 0.25) is 0 Å². The van der Waals surface area contributed by atoms with Crippen molar-refractivity contribution < 1.29 is 4.74 Å². The molecule has 0 saturated heterocycles. The molecule has 0 aromatic heterocycles. The molecule has 0 N–H and O–H groups in total. The Bertz CT molecular complexity index is 464. The Morgan fingerprint density at radius 2 is 1.67 bits per heavy atom. The Hall–Kier alpha value is -1.47. The molecule has 0 heterocycles. The van der Waals surface area contributed by atoms with Crippen molar-refractivity contribution in [2.75, 3.05) is 0 Å². The zero-order chi connectivity index (χ0) is 12.8. The second-order valence-corrected chi connectivity index (χ2v) is 4.85. The molecule has 0 fully saturated rings. The fraction of sp³-hybridized carbons (Fsp3) is 0.250. The molecule has 1 unspecified atom stereocenters. The van der Waals surface area contributed by atoms with Crippen molar-refractivity contribution in [3.63, 3.8) is 0 Å². The lowest BCUT2D eigenvalue weighted by Gasteiger charge is -2.12. The second kappa shape index (κ2) is 6.46. The first kappa shape index (κ1) is 13.0. The number of aryl methyl sites for hydroxylation is 2. The molecule has 1 nitrogen and oxygen atoms in total. The highest BCUT2D eigenvalue weighted by Gasteiger charge is 2.06. The van der Waals surface area contributed by atoms with Crippen molar-refractivity contribution in [3.8, 4) is 5.75 Å². The molecule has 0 saturated carbocycles. The third kappa shape index (κ3) is 4.08. The number of hydrogen-bond donors (Lipinski definition) is 0. The number of hydrogen-bond acceptors (Lipinski definition) is 1. The summed E-state index contributed by atoms with van der Waals surface area (Å²) in [6.07, 6.45) is 1.74. The van der Waals surface area contributed by atoms with Crippen LogP contribution in [0, 0.1) is 6.92 Å². The topological polar surface area (TPSA) is 9.23 Å². The van der Waals surface area contributed by atoms with Gasteiger partial charge in [-0.15, -0.1) is 0 Å². The van der Waals surface area contributed by atoms with Crippen LogP contribution in [0.5, 0.6) is 5.75 Å². The molecule has 1 atom stereocenters. The van der Waals surface area contributed by atoms with Gasteiger partial charge in [-0.05, 0) is 31.0 Å². The number of benzene rings is 2. The first-order valence-electron chi connectivity index (χ1n) is 6.15. The third-order valence-electron chi connectivity index (χ3n) is 2.79. The van der Waals surface area contributed by atoms with Gasteiger partial charge in [0.05, 0.1) is 0 Å². The average molecular weight is 261 g/mol. The number of ether oxygens (including phenoxy) is 1. The van der Waals surface area contributed by atoms with Gasteiger partial charge in [0.1, 0.15) is 5.75 Å². The van der Waals surface area contributed by atoms with E-state index in [4.69, 9.17) is 16.3 Å². The molecule has 0 spiro atoms. The van der Waals surface area contributed by atoms with Gasteiger partial charge in [-0.3, -0.25) is 0 Å². The number of alkyl halides is 1. The van der Waals surface area contributed by atoms with Crippen LogP contribution in [0.3, 0.4) is 0 Å². The van der Waals surface area contributed by atoms with Crippen LogP contribution in [-0.4, -0.2) is 5.56 Å². The largest absolute Gasteiger partial charge is 0.475 e. The van der Waals surface area contributed by atoms with E-state index in [2.05, 4.69) is 19.1 Å². The minimum Gasteiger partial charge on any atom is -0.475 e. The van der Waals surface area contributed by atoms with E-state index in [1.54, 1.807) is 0 Å². The van der Waals surface area contributed by atoms with E-state index in [0.717, 1.165) is 18.6 Å². The van der Waals surface area contributed by atoms with Crippen molar-refractivity contribution in [1.29, 1.82) is 0 Å². The summed E-state index contributed by atoms with van der Waals surface area (Å²) < 4.78 is 5.66. The van der Waals surface area contributed by atoms with E-state index >= 15 is 0 Å². The van der Waals surface area contributed by atoms with E-state index < -0.39 is 0 Å². The Morgan fingerprint density at radius 1 is 1.00 bits per heavy atom. The molecule has 94 valence electrons. The molecule has 2 aromatic rings. The van der Waals surface area contributed by atoms with Gasteiger partial charge in [-0.2, -0.15) is 0 Å². The van der Waals surface area contributed by atoms with E-state index in [9.17, 15) is 0 Å². The summed E-state index contributed by atoms with van der Waals surface area (Å²) in [6, 6.07) is 18.3. The standard InChI is InChI=1S/C16H17ClO/c1-13-7-10-15(11-8-13)18-16(17)12-9-14-5-3-2-4-6-14/h2-8,10-11,16H,9,12H2,1H3. The van der Waals surface area contributed by atoms with Crippen molar-refractivity contribution >= 4 is 11.6 Å². The molecule has 2 rings (SSSR count). The lowest BCUT2D eigenvalue weighted by atomic mass is 10.1. The number of halogens is 1. The molecule has 2 heteroatoms. The summed E-state index contributed by atoms with van der Waals surface area (Å²) in [5, 5.41) is 0. The third-order valence-corrected chi connectivity index (χ3v) is 3.10. The monoisotopic (exact) mass is 260 g/mol. The zero-order valence-electron chi connectivity index (χ0n) is 10.5. The molecule has 18 heavy (non-hydrogen) atoms. The van der Waals surface area contributed by atoms with E-state index in [0.29, 0.717) is 0 Å². The van der Waals surface area contributed by atoms with Gasteiger partial charge in [-0.1, -0.05) is 59.6 Å². The van der Waals surface area contributed by atoms with Crippen LogP contribution in [-0.2, 0) is 6.42 Å². The van der Waals surface area contributed by atoms with Gasteiger partial charge >= 0.3 is 0 Å². The highest BCUT2D eigenvalue weighted by atomic mass is 35.5. The maximum absolute atomic E-state index is 6.18. The summed E-state index contributed by atoms with van der Waals surface area (Å²) in [5.74, 6) is 0.827. The highest BCUT2D eigenvalue weighted by Crippen LogP contribution is 2.17. The summed E-state index contributed by atoms with van der Waals surface area (Å²) in [5.41, 5.74) is 2.22. The quantitative estimate of drug-likeness (QED) is 0.716. The van der Waals surface area contributed by atoms with Crippen LogP contribution in [0.1, 0.15) is 17.5 Å². The lowest BCUT2D eigenvalue weighted by molar-refractivity contribution is 0.270. The Morgan fingerprint density at radius 3 is 2.33 bits per heavy atom. The Kier molecular flexibility index (Phi) is 4.66. The predicted molar refractivity (Wildman–Crippen MR) is 76.2 cm³/mol. The first-order valence-corrected chi connectivity index (χ1v) is 6.59. The summed E-state index contributed by atoms with van der Waals surface area (Å²) in [4.78, 5) is 0. The van der Waals surface area contributed by atoms with E-state index in [-0.39, 0.29) is 5.56 Å². The zero-order valence-corrected chi connectivity index (χ0v) is 11.2. The molecule has 0 amide bonds. The fourth-order valence-corrected chi connectivity index (χ4v) is 1.96. The fourth-order valence-electron chi connectivity index (χ4n) is 1.75. The Labute approximate surface area is 113 Å². The van der Waals surface area contributed by atoms with Crippen LogP contribution in [0.2, 0.25) is 0 Å². The summed E-state index contributed by atoms with van der Waals surface area (Å²) in [6.45, 7) is 2.05. The SMILES string of the molecule is Cc1ccc(OC(Cl)CCc2ccccc2)cc1. The lowest BCUT2D eigenvalue weighted by Crippen LogP contribution is -2.09. The van der Waals surface area contributed by atoms with Gasteiger partial charge < -0.3 is 4.74 Å². The van der Waals surface area contributed by atoms with Crippen molar-refractivity contribution in [1.82, 2.24) is 0 Å². The molecular weight excluding hydrogens is 244 g/mol. The smallest absolute Gasteiger partial charge is 0.172 e. The van der Waals surface area contributed by atoms with Gasteiger partial charge in [0.25, 0.3) is 0 Å². The molecule has 0 radical (unpaired) electrons. The van der Waals surface area contributed by atoms with Gasteiger partial charge in [0.15, 0.2) is 5.56 Å². The predicted octanol–water partition coefficient (Wildman–Crippen LogP) is 4.57. The maximum Gasteiger partial charge on any atom is 0.172 e. The summed E-state index contributed by atoms with van der Waals surface area (Å²) in [7, 11) is 0. The minimum atomic E-state index is -0.284. The van der Waals surface area contributed by atoms with Crippen molar-refractivity contribution in [3.05, 3.63) is 65.7 Å². The molecule has 2 aromatic carbocycles. The van der Waals surface area contributed by atoms with Crippen LogP contribution in [0.4, 0.5) is 0 Å². The first-order chi connectivity index (χ1) is 8.74. The maximum atomic E-state index is 6.18. The van der Waals surface area contributed by atoms with Crippen molar-refractivity contribution in [2.45, 2.75) is 25.3 Å². The van der Waals surface area contributed by atoms with Gasteiger partial charge in [-0.25, -0.2) is 0 Å². The van der Waals surface area contributed by atoms with Crippen LogP contribution >= 0.6 is 11.6 Å². The van der Waals surface area contributed by atoms with Crippen molar-refractivity contribution in [2.24, 2.45) is 0 Å². The van der Waals surface area contributed by atoms with Crippen LogP contribution in [0.15, 0.2) is 54.6 Å². The second-order valence-electron chi connectivity index (χ2n) is 4.37. The normalized spacial score (nSPS) is 12.1. The molecule has 0 aliphatic carbocycles. The highest BCUT2D eigenvalue weighted by molar-refractivity contribution is 6.19. The van der Waals surface area contributed by atoms with Crippen LogP contribution < -0.4 is 4.74 Å². The Balaban J connectivity index is 1.82. The van der Waals surface area contributed by atoms with Gasteiger partial charge in [0, 0.05) is 6.42 Å². The number of rotatable bonds is 5. The molecule has 0 bridgehead atoms. The van der Waals surface area contributed by atoms with E-state index in [1.165, 1.54) is 11.1 Å². The minimum absolute atomic E-state index is 0.284. The summed E-state index contributed by atoms with van der Waals surface area (Å²) >= 11 is 6.18.